The van der Waals surface area contributed by atoms with Crippen molar-refractivity contribution in [3.63, 3.8) is 0 Å². The molecule has 1 aliphatic rings. The minimum atomic E-state index is -1.02. The van der Waals surface area contributed by atoms with Gasteiger partial charge in [-0.05, 0) is 37.5 Å². The number of amides is 1. The highest BCUT2D eigenvalue weighted by atomic mass is 16.5. The molecule has 1 aromatic rings. The Kier molecular flexibility index (Phi) is 5.16. The predicted octanol–water partition coefficient (Wildman–Crippen LogP) is 1.12. The van der Waals surface area contributed by atoms with Gasteiger partial charge in [-0.25, -0.2) is 4.79 Å². The summed E-state index contributed by atoms with van der Waals surface area (Å²) < 4.78 is 10.7. The molecule has 0 aromatic heterocycles. The highest BCUT2D eigenvalue weighted by molar-refractivity contribution is 5.82. The Morgan fingerprint density at radius 1 is 1.38 bits per heavy atom. The van der Waals surface area contributed by atoms with Crippen LogP contribution in [0.4, 0.5) is 0 Å². The summed E-state index contributed by atoms with van der Waals surface area (Å²) in [6.45, 7) is 2.68. The third-order valence-corrected chi connectivity index (χ3v) is 3.25. The van der Waals surface area contributed by atoms with E-state index in [9.17, 15) is 9.59 Å². The second kappa shape index (κ2) is 7.08. The molecular weight excluding hydrogens is 274 g/mol. The summed E-state index contributed by atoms with van der Waals surface area (Å²) in [6, 6.07) is 7.65. The van der Waals surface area contributed by atoms with Crippen LogP contribution in [0, 0.1) is 6.92 Å². The number of hydrogen-bond donors (Lipinski definition) is 2. The number of aliphatic carboxylic acids is 1. The monoisotopic (exact) mass is 293 g/mol. The molecule has 0 bridgehead atoms. The van der Waals surface area contributed by atoms with E-state index in [4.69, 9.17) is 14.6 Å². The fraction of sp³-hybridized carbons (Fsp3) is 0.467. The number of carboxylic acids is 1. The smallest absolute Gasteiger partial charge is 0.332 e. The van der Waals surface area contributed by atoms with Crippen molar-refractivity contribution in [1.82, 2.24) is 5.32 Å². The summed E-state index contributed by atoms with van der Waals surface area (Å²) in [5.74, 6) is -0.549. The second-order valence-corrected chi connectivity index (χ2v) is 4.98. The molecule has 2 unspecified atom stereocenters. The topological polar surface area (TPSA) is 84.9 Å². The molecule has 1 heterocycles. The molecule has 1 amide bonds. The van der Waals surface area contributed by atoms with Crippen LogP contribution in [0.25, 0.3) is 0 Å². The van der Waals surface area contributed by atoms with Gasteiger partial charge in [0.05, 0.1) is 6.54 Å². The first kappa shape index (κ1) is 15.3. The van der Waals surface area contributed by atoms with Crippen molar-refractivity contribution in [3.8, 4) is 5.75 Å². The van der Waals surface area contributed by atoms with Gasteiger partial charge < -0.3 is 19.9 Å². The zero-order chi connectivity index (χ0) is 15.2. The van der Waals surface area contributed by atoms with Crippen LogP contribution in [0.2, 0.25) is 0 Å². The van der Waals surface area contributed by atoms with E-state index in [-0.39, 0.29) is 5.91 Å². The summed E-state index contributed by atoms with van der Waals surface area (Å²) >= 11 is 0. The maximum Gasteiger partial charge on any atom is 0.332 e. The van der Waals surface area contributed by atoms with E-state index in [1.54, 1.807) is 0 Å². The third-order valence-electron chi connectivity index (χ3n) is 3.25. The quantitative estimate of drug-likeness (QED) is 0.768. The lowest BCUT2D eigenvalue weighted by Crippen LogP contribution is -2.37. The molecule has 2 N–H and O–H groups in total. The lowest BCUT2D eigenvalue weighted by Gasteiger charge is -2.12. The van der Waals surface area contributed by atoms with Crippen LogP contribution >= 0.6 is 0 Å². The molecule has 0 aliphatic carbocycles. The number of benzene rings is 1. The van der Waals surface area contributed by atoms with Gasteiger partial charge >= 0.3 is 5.97 Å². The Balaban J connectivity index is 1.67. The molecule has 0 radical (unpaired) electrons. The summed E-state index contributed by atoms with van der Waals surface area (Å²) in [4.78, 5) is 22.5. The molecule has 6 heteroatoms. The number of ether oxygens (including phenoxy) is 2. The summed E-state index contributed by atoms with van der Waals surface area (Å²) in [5, 5.41) is 11.5. The van der Waals surface area contributed by atoms with Crippen LogP contribution in [-0.2, 0) is 14.3 Å². The van der Waals surface area contributed by atoms with Crippen LogP contribution in [0.15, 0.2) is 24.3 Å². The Labute approximate surface area is 123 Å². The number of carbonyl (C=O) groups is 2. The molecule has 1 aliphatic heterocycles. The zero-order valence-corrected chi connectivity index (χ0v) is 11.9. The van der Waals surface area contributed by atoms with Crippen LogP contribution in [0.3, 0.4) is 0 Å². The van der Waals surface area contributed by atoms with Gasteiger partial charge in [0.15, 0.2) is 6.10 Å². The predicted molar refractivity (Wildman–Crippen MR) is 75.2 cm³/mol. The van der Waals surface area contributed by atoms with E-state index in [0.29, 0.717) is 26.0 Å². The number of nitrogens with one attached hydrogen (secondary N) is 1. The molecule has 1 saturated heterocycles. The van der Waals surface area contributed by atoms with Gasteiger partial charge in [-0.1, -0.05) is 12.1 Å². The number of carboxylic acid groups (broad SMARTS) is 1. The third kappa shape index (κ3) is 4.46. The maximum atomic E-state index is 11.8. The molecule has 1 fully saturated rings. The van der Waals surface area contributed by atoms with Crippen LogP contribution in [-0.4, -0.2) is 42.3 Å². The summed E-state index contributed by atoms with van der Waals surface area (Å²) in [6.07, 6.45) is -0.747. The molecule has 114 valence electrons. The van der Waals surface area contributed by atoms with E-state index in [0.717, 1.165) is 11.3 Å². The average molecular weight is 293 g/mol. The second-order valence-electron chi connectivity index (χ2n) is 4.98. The minimum absolute atomic E-state index is 0.286. The van der Waals surface area contributed by atoms with Crippen molar-refractivity contribution < 1.29 is 24.2 Å². The van der Waals surface area contributed by atoms with E-state index in [2.05, 4.69) is 5.32 Å². The van der Waals surface area contributed by atoms with Crippen molar-refractivity contribution in [2.24, 2.45) is 0 Å². The van der Waals surface area contributed by atoms with Crippen molar-refractivity contribution >= 4 is 11.9 Å². The molecule has 6 nitrogen and oxygen atoms in total. The zero-order valence-electron chi connectivity index (χ0n) is 11.9. The van der Waals surface area contributed by atoms with Gasteiger partial charge in [0.25, 0.3) is 0 Å². The lowest BCUT2D eigenvalue weighted by molar-refractivity contribution is -0.151. The fourth-order valence-electron chi connectivity index (χ4n) is 2.17. The molecule has 21 heavy (non-hydrogen) atoms. The first-order valence-electron chi connectivity index (χ1n) is 6.91. The van der Waals surface area contributed by atoms with E-state index in [1.165, 1.54) is 0 Å². The van der Waals surface area contributed by atoms with Crippen LogP contribution < -0.4 is 10.1 Å². The minimum Gasteiger partial charge on any atom is -0.492 e. The van der Waals surface area contributed by atoms with Gasteiger partial charge in [0, 0.05) is 0 Å². The average Bonchev–Trinajstić information content (AvgIpc) is 2.93. The first-order chi connectivity index (χ1) is 10.1. The van der Waals surface area contributed by atoms with Gasteiger partial charge in [-0.2, -0.15) is 0 Å². The van der Waals surface area contributed by atoms with Gasteiger partial charge in [0.2, 0.25) is 5.91 Å². The largest absolute Gasteiger partial charge is 0.492 e. The summed E-state index contributed by atoms with van der Waals surface area (Å²) in [7, 11) is 0. The number of rotatable bonds is 6. The first-order valence-corrected chi connectivity index (χ1v) is 6.91. The van der Waals surface area contributed by atoms with Crippen LogP contribution in [0.5, 0.6) is 5.75 Å². The fourth-order valence-corrected chi connectivity index (χ4v) is 2.17. The lowest BCUT2D eigenvalue weighted by atomic mass is 10.2. The SMILES string of the molecule is Cc1cccc(OCCNC(=O)C2CCC(C(=O)O)O2)c1. The maximum absolute atomic E-state index is 11.8. The van der Waals surface area contributed by atoms with Crippen molar-refractivity contribution in [3.05, 3.63) is 29.8 Å². The number of hydrogen-bond acceptors (Lipinski definition) is 4. The molecule has 2 atom stereocenters. The molecular formula is C15H19NO5. The normalized spacial score (nSPS) is 21.0. The number of carbonyl (C=O) groups excluding carboxylic acids is 1. The Morgan fingerprint density at radius 2 is 2.14 bits per heavy atom. The Hall–Kier alpha value is -2.08. The van der Waals surface area contributed by atoms with Crippen molar-refractivity contribution in [1.29, 1.82) is 0 Å². The highest BCUT2D eigenvalue weighted by Crippen LogP contribution is 2.19. The Morgan fingerprint density at radius 3 is 2.81 bits per heavy atom. The van der Waals surface area contributed by atoms with E-state index in [1.807, 2.05) is 31.2 Å². The Bertz CT molecular complexity index is 517. The van der Waals surface area contributed by atoms with Gasteiger partial charge in [-0.3, -0.25) is 4.79 Å². The molecule has 2 rings (SSSR count). The van der Waals surface area contributed by atoms with Gasteiger partial charge in [0.1, 0.15) is 18.5 Å². The summed E-state index contributed by atoms with van der Waals surface area (Å²) in [5.41, 5.74) is 1.11. The van der Waals surface area contributed by atoms with Crippen molar-refractivity contribution in [2.75, 3.05) is 13.2 Å². The molecule has 0 saturated carbocycles. The van der Waals surface area contributed by atoms with Crippen LogP contribution in [0.1, 0.15) is 18.4 Å². The van der Waals surface area contributed by atoms with E-state index >= 15 is 0 Å². The highest BCUT2D eigenvalue weighted by Gasteiger charge is 2.34. The van der Waals surface area contributed by atoms with Gasteiger partial charge in [-0.15, -0.1) is 0 Å². The number of aryl methyl sites for hydroxylation is 1. The van der Waals surface area contributed by atoms with E-state index < -0.39 is 18.2 Å². The van der Waals surface area contributed by atoms with Crippen molar-refractivity contribution in [2.45, 2.75) is 32.0 Å². The standard InChI is InChI=1S/C15H19NO5/c1-10-3-2-4-11(9-10)20-8-7-16-14(17)12-5-6-13(21-12)15(18)19/h2-4,9,12-13H,5-8H2,1H3,(H,16,17)(H,18,19). The molecule has 0 spiro atoms. The molecule has 1 aromatic carbocycles.